The highest BCUT2D eigenvalue weighted by Gasteiger charge is 2.36. The van der Waals surface area contributed by atoms with Gasteiger partial charge in [0, 0.05) is 51.1 Å². The normalized spacial score (nSPS) is 16.1. The van der Waals surface area contributed by atoms with Crippen molar-refractivity contribution in [2.75, 3.05) is 11.1 Å². The van der Waals surface area contributed by atoms with Crippen molar-refractivity contribution in [3.05, 3.63) is 81.4 Å². The average Bonchev–Trinajstić information content (AvgIpc) is 3.66. The van der Waals surface area contributed by atoms with Crippen LogP contribution >= 0.6 is 11.3 Å². The molecule has 202 valence electrons. The molecule has 1 aliphatic heterocycles. The molecule has 5 aromatic heterocycles. The van der Waals surface area contributed by atoms with Crippen molar-refractivity contribution in [1.29, 1.82) is 0 Å². The SMILES string of the molecule is Cc1cncc(-c2cc(C(=O)Nc3cnc4n(c3=O)[C@H](C(=O)NCc3cc5cnc(N)cc5s3)C[C@H]4C)on2)c1. The third-order valence-corrected chi connectivity index (χ3v) is 7.82. The molecule has 0 saturated heterocycles. The van der Waals surface area contributed by atoms with Crippen molar-refractivity contribution in [2.45, 2.75) is 38.8 Å². The van der Waals surface area contributed by atoms with Gasteiger partial charge in [0.25, 0.3) is 11.5 Å². The number of rotatable bonds is 6. The Morgan fingerprint density at radius 3 is 2.83 bits per heavy atom. The summed E-state index contributed by atoms with van der Waals surface area (Å²) in [6.45, 7) is 4.09. The maximum Gasteiger partial charge on any atom is 0.294 e. The Morgan fingerprint density at radius 2 is 2.00 bits per heavy atom. The Labute approximate surface area is 231 Å². The molecule has 40 heavy (non-hydrogen) atoms. The Hall–Kier alpha value is -4.91. The van der Waals surface area contributed by atoms with Crippen molar-refractivity contribution in [2.24, 2.45) is 0 Å². The molecule has 0 radical (unpaired) electrons. The molecule has 0 aliphatic carbocycles. The second-order valence-corrected chi connectivity index (χ2v) is 10.9. The van der Waals surface area contributed by atoms with Gasteiger partial charge in [-0.25, -0.2) is 9.97 Å². The van der Waals surface area contributed by atoms with Gasteiger partial charge < -0.3 is 20.9 Å². The fourth-order valence-electron chi connectivity index (χ4n) is 4.78. The van der Waals surface area contributed by atoms with Crippen LogP contribution in [0.3, 0.4) is 0 Å². The van der Waals surface area contributed by atoms with Crippen LogP contribution in [0.2, 0.25) is 0 Å². The number of aryl methyl sites for hydroxylation is 1. The predicted octanol–water partition coefficient (Wildman–Crippen LogP) is 3.41. The molecular formula is C27H24N8O4S. The number of nitrogens with zero attached hydrogens (tertiary/aromatic N) is 5. The molecule has 6 heterocycles. The van der Waals surface area contributed by atoms with E-state index in [-0.39, 0.29) is 23.3 Å². The maximum absolute atomic E-state index is 13.4. The fraction of sp³-hybridized carbons (Fsp3) is 0.222. The van der Waals surface area contributed by atoms with Gasteiger partial charge in [-0.05, 0) is 37.1 Å². The molecule has 0 fully saturated rings. The topological polar surface area (TPSA) is 171 Å². The van der Waals surface area contributed by atoms with Crippen molar-refractivity contribution >= 4 is 44.7 Å². The van der Waals surface area contributed by atoms with E-state index >= 15 is 0 Å². The van der Waals surface area contributed by atoms with Gasteiger partial charge in [0.05, 0.1) is 12.7 Å². The summed E-state index contributed by atoms with van der Waals surface area (Å²) in [4.78, 5) is 53.1. The number of hydrogen-bond donors (Lipinski definition) is 3. The minimum absolute atomic E-state index is 0.0644. The van der Waals surface area contributed by atoms with E-state index in [1.165, 1.54) is 28.2 Å². The lowest BCUT2D eigenvalue weighted by molar-refractivity contribution is -0.124. The van der Waals surface area contributed by atoms with E-state index in [1.807, 2.05) is 26.0 Å². The summed E-state index contributed by atoms with van der Waals surface area (Å²) in [5.74, 6) is -0.245. The first-order chi connectivity index (χ1) is 19.3. The first kappa shape index (κ1) is 25.4. The largest absolute Gasteiger partial charge is 0.384 e. The molecular weight excluding hydrogens is 532 g/mol. The Bertz CT molecular complexity index is 1840. The smallest absolute Gasteiger partial charge is 0.294 e. The van der Waals surface area contributed by atoms with Crippen molar-refractivity contribution in [3.63, 3.8) is 0 Å². The number of anilines is 2. The maximum atomic E-state index is 13.4. The van der Waals surface area contributed by atoms with Gasteiger partial charge in [0.2, 0.25) is 11.7 Å². The summed E-state index contributed by atoms with van der Waals surface area (Å²) < 4.78 is 7.55. The van der Waals surface area contributed by atoms with Crippen molar-refractivity contribution in [1.82, 2.24) is 30.0 Å². The Kier molecular flexibility index (Phi) is 6.34. The average molecular weight is 557 g/mol. The van der Waals surface area contributed by atoms with Gasteiger partial charge in [-0.1, -0.05) is 12.1 Å². The summed E-state index contributed by atoms with van der Waals surface area (Å²) in [6, 6.07) is 6.31. The number of carbonyl (C=O) groups excluding carboxylic acids is 2. The molecule has 0 aromatic carbocycles. The molecule has 0 bridgehead atoms. The number of pyridine rings is 2. The number of aromatic nitrogens is 5. The van der Waals surface area contributed by atoms with Crippen LogP contribution in [0.25, 0.3) is 21.3 Å². The number of hydrogen-bond acceptors (Lipinski definition) is 10. The molecule has 0 unspecified atom stereocenters. The van der Waals surface area contributed by atoms with Crippen LogP contribution in [0.15, 0.2) is 58.4 Å². The summed E-state index contributed by atoms with van der Waals surface area (Å²) in [7, 11) is 0. The third kappa shape index (κ3) is 4.71. The van der Waals surface area contributed by atoms with Gasteiger partial charge in [-0.15, -0.1) is 11.3 Å². The summed E-state index contributed by atoms with van der Waals surface area (Å²) in [6.07, 6.45) is 6.74. The Balaban J connectivity index is 1.19. The predicted molar refractivity (Wildman–Crippen MR) is 149 cm³/mol. The van der Waals surface area contributed by atoms with Crippen LogP contribution in [0, 0.1) is 6.92 Å². The zero-order chi connectivity index (χ0) is 28.0. The van der Waals surface area contributed by atoms with E-state index in [0.29, 0.717) is 35.9 Å². The quantitative estimate of drug-likeness (QED) is 0.283. The molecule has 1 aliphatic rings. The fourth-order valence-corrected chi connectivity index (χ4v) is 5.81. The molecule has 12 nitrogen and oxygen atoms in total. The first-order valence-corrected chi connectivity index (χ1v) is 13.3. The van der Waals surface area contributed by atoms with Crippen molar-refractivity contribution < 1.29 is 14.1 Å². The van der Waals surface area contributed by atoms with Crippen LogP contribution in [-0.4, -0.2) is 36.5 Å². The molecule has 2 atom stereocenters. The summed E-state index contributed by atoms with van der Waals surface area (Å²) in [5, 5.41) is 10.4. The van der Waals surface area contributed by atoms with Gasteiger partial charge in [0.1, 0.15) is 29.1 Å². The lowest BCUT2D eigenvalue weighted by Crippen LogP contribution is -2.36. The molecule has 0 saturated carbocycles. The number of carbonyl (C=O) groups is 2. The van der Waals surface area contributed by atoms with Crippen LogP contribution in [-0.2, 0) is 11.3 Å². The molecule has 13 heteroatoms. The number of amides is 2. The van der Waals surface area contributed by atoms with Crippen LogP contribution in [0.4, 0.5) is 11.5 Å². The number of nitrogens with one attached hydrogen (secondary N) is 2. The molecule has 4 N–H and O–H groups in total. The van der Waals surface area contributed by atoms with E-state index in [1.54, 1.807) is 24.7 Å². The number of thiophene rings is 1. The number of nitrogen functional groups attached to an aromatic ring is 1. The van der Waals surface area contributed by atoms with E-state index in [2.05, 4.69) is 30.7 Å². The highest BCUT2D eigenvalue weighted by molar-refractivity contribution is 7.19. The highest BCUT2D eigenvalue weighted by Crippen LogP contribution is 2.34. The van der Waals surface area contributed by atoms with E-state index in [4.69, 9.17) is 10.3 Å². The van der Waals surface area contributed by atoms with Crippen molar-refractivity contribution in [3.8, 4) is 11.3 Å². The van der Waals surface area contributed by atoms with Gasteiger partial charge in [-0.2, -0.15) is 0 Å². The molecule has 2 amide bonds. The lowest BCUT2D eigenvalue weighted by Gasteiger charge is -2.15. The van der Waals surface area contributed by atoms with Gasteiger partial charge >= 0.3 is 0 Å². The van der Waals surface area contributed by atoms with E-state index < -0.39 is 17.5 Å². The molecule has 5 aromatic rings. The summed E-state index contributed by atoms with van der Waals surface area (Å²) >= 11 is 1.51. The summed E-state index contributed by atoms with van der Waals surface area (Å²) in [5.41, 5.74) is 7.25. The van der Waals surface area contributed by atoms with Crippen LogP contribution < -0.4 is 21.9 Å². The number of fused-ring (bicyclic) bond motifs is 2. The minimum atomic E-state index is -0.765. The first-order valence-electron chi connectivity index (χ1n) is 12.5. The van der Waals surface area contributed by atoms with Crippen LogP contribution in [0.1, 0.15) is 52.1 Å². The number of nitrogens with two attached hydrogens (primary N) is 1. The van der Waals surface area contributed by atoms with Crippen LogP contribution in [0.5, 0.6) is 0 Å². The lowest BCUT2D eigenvalue weighted by atomic mass is 10.1. The van der Waals surface area contributed by atoms with Gasteiger partial charge in [0.15, 0.2) is 0 Å². The third-order valence-electron chi connectivity index (χ3n) is 6.72. The molecule has 0 spiro atoms. The van der Waals surface area contributed by atoms with E-state index in [0.717, 1.165) is 20.5 Å². The van der Waals surface area contributed by atoms with Gasteiger partial charge in [-0.3, -0.25) is 23.9 Å². The second-order valence-electron chi connectivity index (χ2n) is 9.72. The Morgan fingerprint density at radius 1 is 1.15 bits per heavy atom. The second kappa shape index (κ2) is 10.0. The minimum Gasteiger partial charge on any atom is -0.384 e. The highest BCUT2D eigenvalue weighted by atomic mass is 32.1. The standard InChI is InChI=1S/C27H24N8O4S/c1-13-3-15(9-29-8-13)18-6-21(39-34-18)26(37)33-19-12-31-24-14(2)4-20(35(24)27(19)38)25(36)32-11-17-5-16-10-30-23(28)7-22(16)40-17/h3,5-10,12,14,20H,4,11H2,1-2H3,(H2,28,30)(H,32,36)(H,33,37)/t14-,20+/m1/s1. The van der Waals surface area contributed by atoms with E-state index in [9.17, 15) is 14.4 Å². The molecule has 6 rings (SSSR count). The monoisotopic (exact) mass is 556 g/mol. The zero-order valence-corrected chi connectivity index (χ0v) is 22.4. The zero-order valence-electron chi connectivity index (χ0n) is 21.5.